The van der Waals surface area contributed by atoms with E-state index in [2.05, 4.69) is 61.2 Å². The molecule has 3 N–H and O–H groups in total. The lowest BCUT2D eigenvalue weighted by atomic mass is 10.3. The number of aromatic nitrogens is 8. The molecular formula is C36H43ClN12O6S4. The van der Waals surface area contributed by atoms with Crippen molar-refractivity contribution in [3.8, 4) is 10.4 Å². The Kier molecular flexibility index (Phi) is 18.0. The van der Waals surface area contributed by atoms with Crippen LogP contribution in [0.1, 0.15) is 40.5 Å². The average molecular weight is 904 g/mol. The molecule has 314 valence electrons. The van der Waals surface area contributed by atoms with Gasteiger partial charge in [0.2, 0.25) is 22.6 Å². The lowest BCUT2D eigenvalue weighted by molar-refractivity contribution is -0.115. The Hall–Kier alpha value is -4.97. The zero-order valence-corrected chi connectivity index (χ0v) is 36.5. The molecule has 6 aromatic heterocycles. The van der Waals surface area contributed by atoms with Crippen molar-refractivity contribution in [2.45, 2.75) is 51.4 Å². The first kappa shape index (κ1) is 45.1. The summed E-state index contributed by atoms with van der Waals surface area (Å²) in [5, 5.41) is 45.7. The van der Waals surface area contributed by atoms with E-state index in [4.69, 9.17) is 30.9 Å². The number of ether oxygens (including phenoxy) is 3. The van der Waals surface area contributed by atoms with Crippen molar-refractivity contribution in [2.24, 2.45) is 0 Å². The molecule has 3 atom stereocenters. The molecule has 0 aliphatic carbocycles. The summed E-state index contributed by atoms with van der Waals surface area (Å²) < 4.78 is 17.6. The van der Waals surface area contributed by atoms with Crippen molar-refractivity contribution in [2.75, 3.05) is 60.8 Å². The van der Waals surface area contributed by atoms with Crippen LogP contribution in [0.3, 0.4) is 0 Å². The minimum atomic E-state index is -0.103. The van der Waals surface area contributed by atoms with Gasteiger partial charge in [0.15, 0.2) is 11.6 Å². The van der Waals surface area contributed by atoms with Crippen LogP contribution in [-0.2, 0) is 20.7 Å². The highest BCUT2D eigenvalue weighted by atomic mass is 35.5. The molecule has 0 aromatic carbocycles. The summed E-state index contributed by atoms with van der Waals surface area (Å²) in [4.78, 5) is 30.1. The van der Waals surface area contributed by atoms with Crippen molar-refractivity contribution in [1.29, 1.82) is 0 Å². The van der Waals surface area contributed by atoms with Crippen LogP contribution in [0.15, 0.2) is 60.9 Å². The fourth-order valence-electron chi connectivity index (χ4n) is 5.51. The van der Waals surface area contributed by atoms with Crippen molar-refractivity contribution >= 4 is 91.2 Å². The Balaban J connectivity index is 0.000000181. The van der Waals surface area contributed by atoms with Crippen molar-refractivity contribution < 1.29 is 28.9 Å². The van der Waals surface area contributed by atoms with Crippen LogP contribution in [0.4, 0.5) is 21.9 Å². The summed E-state index contributed by atoms with van der Waals surface area (Å²) in [7, 11) is 2.69. The number of thiophene rings is 2. The third-order valence-corrected chi connectivity index (χ3v) is 12.2. The molecule has 18 nitrogen and oxygen atoms in total. The highest BCUT2D eigenvalue weighted by Gasteiger charge is 2.27. The number of carbonyl (C=O) groups excluding carboxylic acids is 2. The summed E-state index contributed by atoms with van der Waals surface area (Å²) in [6.45, 7) is 7.19. The predicted molar refractivity (Wildman–Crippen MR) is 230 cm³/mol. The first-order valence-electron chi connectivity index (χ1n) is 18.1. The number of hydrogen-bond acceptors (Lipinski definition) is 20. The maximum atomic E-state index is 12.1. The molecule has 2 aliphatic heterocycles. The minimum absolute atomic E-state index is 0.0117. The second kappa shape index (κ2) is 23.6. The zero-order valence-electron chi connectivity index (χ0n) is 32.5. The van der Waals surface area contributed by atoms with Gasteiger partial charge in [-0.2, -0.15) is 10.2 Å². The Morgan fingerprint density at radius 3 is 1.93 bits per heavy atom. The Bertz CT molecular complexity index is 2140. The lowest BCUT2D eigenvalue weighted by Gasteiger charge is -2.16. The van der Waals surface area contributed by atoms with Gasteiger partial charge in [0.25, 0.3) is 10.4 Å². The summed E-state index contributed by atoms with van der Waals surface area (Å²) >= 11 is 11.4. The molecule has 3 unspecified atom stereocenters. The van der Waals surface area contributed by atoms with Crippen molar-refractivity contribution in [1.82, 2.24) is 40.8 Å². The molecule has 8 heterocycles. The molecule has 2 amide bonds. The number of nitrogens with zero attached hydrogens (tertiary/aromatic N) is 10. The number of halogens is 1. The minimum Gasteiger partial charge on any atom is -0.464 e. The quantitative estimate of drug-likeness (QED) is 0.117. The number of nitrogens with one attached hydrogen (secondary N) is 2. The molecule has 2 saturated heterocycles. The number of rotatable bonds is 13. The SMILES string of the molecule is CO.COC(C)c1ccc(Cl)s1.Cc1ccc(CC(=O)Nc2nnc(OC3CCN(c4cccnn4)C3)s2)s1.O=CNc1nnc(OC2CCN(c3cccnn3)C2)s1. The first-order valence-corrected chi connectivity index (χ1v) is 21.7. The Labute approximate surface area is 361 Å². The molecule has 6 aromatic rings. The number of aryl methyl sites for hydroxylation is 1. The lowest BCUT2D eigenvalue weighted by Crippen LogP contribution is -2.25. The van der Waals surface area contributed by atoms with Crippen LogP contribution in [0.5, 0.6) is 10.4 Å². The van der Waals surface area contributed by atoms with Gasteiger partial charge in [-0.05, 0) is 85.1 Å². The number of aliphatic hydroxyl groups excluding tert-OH is 1. The zero-order chi connectivity index (χ0) is 42.0. The molecule has 0 saturated carbocycles. The molecule has 2 fully saturated rings. The Morgan fingerprint density at radius 2 is 1.44 bits per heavy atom. The van der Waals surface area contributed by atoms with Crippen LogP contribution in [0.2, 0.25) is 4.34 Å². The Morgan fingerprint density at radius 1 is 0.847 bits per heavy atom. The van der Waals surface area contributed by atoms with Gasteiger partial charge in [0.05, 0.1) is 30.0 Å². The number of anilines is 4. The molecule has 2 aliphatic rings. The van der Waals surface area contributed by atoms with Gasteiger partial charge in [0.1, 0.15) is 12.2 Å². The summed E-state index contributed by atoms with van der Waals surface area (Å²) in [6.07, 6.45) is 6.17. The van der Waals surface area contributed by atoms with Crippen LogP contribution < -0.4 is 29.9 Å². The van der Waals surface area contributed by atoms with Gasteiger partial charge >= 0.3 is 0 Å². The average Bonchev–Trinajstić information content (AvgIpc) is 4.13. The molecule has 23 heteroatoms. The first-order chi connectivity index (χ1) is 28.7. The van der Waals surface area contributed by atoms with Gasteiger partial charge in [0, 0.05) is 67.2 Å². The summed E-state index contributed by atoms with van der Waals surface area (Å²) in [6, 6.07) is 15.4. The molecule has 0 radical (unpaired) electrons. The molecule has 0 spiro atoms. The maximum absolute atomic E-state index is 12.1. The van der Waals surface area contributed by atoms with Crippen molar-refractivity contribution in [3.05, 3.63) is 79.9 Å². The molecular weight excluding hydrogens is 860 g/mol. The second-order valence-electron chi connectivity index (χ2n) is 12.4. The number of amides is 2. The third kappa shape index (κ3) is 14.4. The van der Waals surface area contributed by atoms with E-state index in [0.29, 0.717) is 33.5 Å². The summed E-state index contributed by atoms with van der Waals surface area (Å²) in [5.74, 6) is 1.59. The number of hydrogen-bond donors (Lipinski definition) is 3. The topological polar surface area (TPSA) is 216 Å². The van der Waals surface area contributed by atoms with E-state index in [1.165, 1.54) is 32.4 Å². The van der Waals surface area contributed by atoms with E-state index >= 15 is 0 Å². The summed E-state index contributed by atoms with van der Waals surface area (Å²) in [5.41, 5.74) is 0. The smallest absolute Gasteiger partial charge is 0.296 e. The normalized spacial score (nSPS) is 16.0. The predicted octanol–water partition coefficient (Wildman–Crippen LogP) is 5.81. The van der Waals surface area contributed by atoms with Crippen LogP contribution >= 0.6 is 56.9 Å². The van der Waals surface area contributed by atoms with Gasteiger partial charge in [-0.25, -0.2) is 0 Å². The number of methoxy groups -OCH3 is 1. The van der Waals surface area contributed by atoms with Gasteiger partial charge in [-0.1, -0.05) is 21.8 Å². The van der Waals surface area contributed by atoms with E-state index in [-0.39, 0.29) is 24.2 Å². The van der Waals surface area contributed by atoms with E-state index in [0.717, 1.165) is 67.0 Å². The van der Waals surface area contributed by atoms with Gasteiger partial charge < -0.3 is 39.8 Å². The second-order valence-corrected chi connectivity index (χ2v) is 17.4. The molecule has 59 heavy (non-hydrogen) atoms. The highest BCUT2D eigenvalue weighted by molar-refractivity contribution is 7.17. The largest absolute Gasteiger partial charge is 0.464 e. The molecule has 0 bridgehead atoms. The standard InChI is InChI=1S/C17H18N6O2S2.C11H12N6O2S.C7H9ClOS.CH4O/c1-11-4-5-13(26-11)9-15(24)19-16-21-22-17(27-16)25-12-6-8-23(10-12)14-3-2-7-18-20-14;18-7-12-10-15-16-11(20-10)19-8-3-5-17(6-8)9-2-1-4-13-14-9;1-5(9-2)6-3-4-7(8)10-6;1-2/h2-5,7,12H,6,8-10H2,1H3,(H,19,21,24);1-2,4,7-8H,3,5-6H2,(H,12,15,18);3-5H,1-2H3;2H,1H3. The van der Waals surface area contributed by atoms with Crippen molar-refractivity contribution in [3.63, 3.8) is 0 Å². The van der Waals surface area contributed by atoms with Gasteiger partial charge in [-0.15, -0.1) is 43.1 Å². The third-order valence-electron chi connectivity index (χ3n) is 8.31. The molecule has 8 rings (SSSR count). The number of aliphatic hydroxyl groups is 1. The van der Waals surface area contributed by atoms with Crippen LogP contribution in [-0.4, -0.2) is 111 Å². The highest BCUT2D eigenvalue weighted by Crippen LogP contribution is 2.29. The van der Waals surface area contributed by atoms with E-state index in [1.807, 2.05) is 62.4 Å². The van der Waals surface area contributed by atoms with E-state index in [9.17, 15) is 9.59 Å². The fourth-order valence-corrected chi connectivity index (χ4v) is 8.79. The maximum Gasteiger partial charge on any atom is 0.296 e. The monoisotopic (exact) mass is 902 g/mol. The number of carbonyl (C=O) groups is 2. The van der Waals surface area contributed by atoms with Gasteiger partial charge in [-0.3, -0.25) is 9.59 Å². The van der Waals surface area contributed by atoms with E-state index < -0.39 is 0 Å². The fraction of sp³-hybridized carbons (Fsp3) is 0.389. The van der Waals surface area contributed by atoms with Crippen LogP contribution in [0, 0.1) is 6.92 Å². The van der Waals surface area contributed by atoms with Crippen LogP contribution in [0.25, 0.3) is 0 Å². The van der Waals surface area contributed by atoms with E-state index in [1.54, 1.807) is 42.2 Å².